The highest BCUT2D eigenvalue weighted by molar-refractivity contribution is 5.83. The molecule has 26 heavy (non-hydrogen) atoms. The highest BCUT2D eigenvalue weighted by atomic mass is 19.1. The Morgan fingerprint density at radius 2 is 1.92 bits per heavy atom. The summed E-state index contributed by atoms with van der Waals surface area (Å²) in [6.07, 6.45) is 3.11. The van der Waals surface area contributed by atoms with Gasteiger partial charge in [0, 0.05) is 24.4 Å². The molecule has 0 saturated heterocycles. The predicted octanol–water partition coefficient (Wildman–Crippen LogP) is 3.43. The number of carbonyl (C=O) groups excluding carboxylic acids is 1. The van der Waals surface area contributed by atoms with Gasteiger partial charge < -0.3 is 10.1 Å². The van der Waals surface area contributed by atoms with Crippen LogP contribution in [0, 0.1) is 5.82 Å². The van der Waals surface area contributed by atoms with Crippen LogP contribution in [0.3, 0.4) is 0 Å². The number of nitrogens with zero attached hydrogens (tertiary/aromatic N) is 1. The Bertz CT molecular complexity index is 876. The number of rotatable bonds is 4. The van der Waals surface area contributed by atoms with Gasteiger partial charge in [-0.3, -0.25) is 9.78 Å². The van der Waals surface area contributed by atoms with Gasteiger partial charge in [0.2, 0.25) is 0 Å². The van der Waals surface area contributed by atoms with Gasteiger partial charge in [-0.25, -0.2) is 4.39 Å². The number of amides is 1. The Kier molecular flexibility index (Phi) is 4.35. The van der Waals surface area contributed by atoms with E-state index < -0.39 is 6.10 Å². The van der Waals surface area contributed by atoms with Crippen molar-refractivity contribution >= 4 is 5.91 Å². The molecule has 0 bridgehead atoms. The van der Waals surface area contributed by atoms with Crippen LogP contribution in [0.2, 0.25) is 0 Å². The summed E-state index contributed by atoms with van der Waals surface area (Å²) in [5, 5.41) is 3.04. The van der Waals surface area contributed by atoms with Gasteiger partial charge in [0.05, 0.1) is 6.04 Å². The third kappa shape index (κ3) is 3.28. The standard InChI is InChI=1S/C21H17FN2O2/c22-17-8-9-18-16(11-17)12-19(26-18)21(25)24-20(14-5-2-1-3-6-14)15-7-4-10-23-13-15/h1-11,13,19-20H,12H2,(H,24,25)/t19-,20-/m1/s1. The van der Waals surface area contributed by atoms with E-state index >= 15 is 0 Å². The summed E-state index contributed by atoms with van der Waals surface area (Å²) in [5.41, 5.74) is 2.55. The Labute approximate surface area is 150 Å². The highest BCUT2D eigenvalue weighted by Gasteiger charge is 2.31. The molecule has 1 N–H and O–H groups in total. The molecule has 1 amide bonds. The van der Waals surface area contributed by atoms with E-state index in [-0.39, 0.29) is 17.8 Å². The first-order chi connectivity index (χ1) is 12.7. The van der Waals surface area contributed by atoms with E-state index in [1.165, 1.54) is 12.1 Å². The monoisotopic (exact) mass is 348 g/mol. The topological polar surface area (TPSA) is 51.2 Å². The molecule has 1 aliphatic heterocycles. The van der Waals surface area contributed by atoms with Crippen LogP contribution in [0.1, 0.15) is 22.7 Å². The first-order valence-electron chi connectivity index (χ1n) is 8.41. The minimum Gasteiger partial charge on any atom is -0.480 e. The van der Waals surface area contributed by atoms with Crippen molar-refractivity contribution in [1.82, 2.24) is 10.3 Å². The predicted molar refractivity (Wildman–Crippen MR) is 95.2 cm³/mol. The van der Waals surface area contributed by atoms with Crippen LogP contribution in [0.15, 0.2) is 73.1 Å². The molecule has 0 spiro atoms. The summed E-state index contributed by atoms with van der Waals surface area (Å²) < 4.78 is 19.1. The van der Waals surface area contributed by atoms with Crippen molar-refractivity contribution < 1.29 is 13.9 Å². The van der Waals surface area contributed by atoms with E-state index in [1.807, 2.05) is 42.5 Å². The first kappa shape index (κ1) is 16.3. The third-order valence-electron chi connectivity index (χ3n) is 4.43. The van der Waals surface area contributed by atoms with Crippen molar-refractivity contribution in [3.63, 3.8) is 0 Å². The second-order valence-electron chi connectivity index (χ2n) is 6.20. The zero-order valence-electron chi connectivity index (χ0n) is 13.9. The molecule has 1 aliphatic rings. The number of fused-ring (bicyclic) bond motifs is 1. The smallest absolute Gasteiger partial charge is 0.262 e. The lowest BCUT2D eigenvalue weighted by Gasteiger charge is -2.21. The Hall–Kier alpha value is -3.21. The Morgan fingerprint density at radius 3 is 2.69 bits per heavy atom. The summed E-state index contributed by atoms with van der Waals surface area (Å²) in [5.74, 6) is -0.00515. The number of hydrogen-bond donors (Lipinski definition) is 1. The molecule has 0 aliphatic carbocycles. The van der Waals surface area contributed by atoms with Crippen molar-refractivity contribution in [2.75, 3.05) is 0 Å². The van der Waals surface area contributed by atoms with Gasteiger partial charge in [-0.05, 0) is 35.4 Å². The summed E-state index contributed by atoms with van der Waals surface area (Å²) in [7, 11) is 0. The van der Waals surface area contributed by atoms with Crippen LogP contribution in [-0.2, 0) is 11.2 Å². The van der Waals surface area contributed by atoms with E-state index in [2.05, 4.69) is 10.3 Å². The maximum absolute atomic E-state index is 13.4. The van der Waals surface area contributed by atoms with E-state index in [0.29, 0.717) is 17.7 Å². The average molecular weight is 348 g/mol. The van der Waals surface area contributed by atoms with Crippen LogP contribution in [0.4, 0.5) is 4.39 Å². The summed E-state index contributed by atoms with van der Waals surface area (Å²) in [6.45, 7) is 0. The van der Waals surface area contributed by atoms with Gasteiger partial charge in [-0.2, -0.15) is 0 Å². The van der Waals surface area contributed by atoms with Crippen LogP contribution in [0.25, 0.3) is 0 Å². The van der Waals surface area contributed by atoms with Gasteiger partial charge in [-0.15, -0.1) is 0 Å². The molecule has 0 unspecified atom stereocenters. The van der Waals surface area contributed by atoms with Crippen molar-refractivity contribution in [2.45, 2.75) is 18.6 Å². The number of nitrogens with one attached hydrogen (secondary N) is 1. The molecule has 0 saturated carbocycles. The largest absolute Gasteiger partial charge is 0.480 e. The molecule has 4 rings (SSSR count). The first-order valence-corrected chi connectivity index (χ1v) is 8.41. The van der Waals surface area contributed by atoms with E-state index in [9.17, 15) is 9.18 Å². The van der Waals surface area contributed by atoms with Gasteiger partial charge >= 0.3 is 0 Å². The zero-order valence-corrected chi connectivity index (χ0v) is 13.9. The molecule has 2 aromatic carbocycles. The average Bonchev–Trinajstić information content (AvgIpc) is 3.10. The minimum absolute atomic E-state index is 0.237. The number of ether oxygens (including phenoxy) is 1. The van der Waals surface area contributed by atoms with Gasteiger partial charge in [0.15, 0.2) is 6.10 Å². The van der Waals surface area contributed by atoms with Crippen molar-refractivity contribution in [2.24, 2.45) is 0 Å². The maximum atomic E-state index is 13.4. The van der Waals surface area contributed by atoms with Crippen LogP contribution < -0.4 is 10.1 Å². The van der Waals surface area contributed by atoms with Crippen LogP contribution in [0.5, 0.6) is 5.75 Å². The fourth-order valence-corrected chi connectivity index (χ4v) is 3.15. The molecule has 130 valence electrons. The van der Waals surface area contributed by atoms with Gasteiger partial charge in [0.25, 0.3) is 5.91 Å². The van der Waals surface area contributed by atoms with E-state index in [1.54, 1.807) is 18.5 Å². The fraction of sp³-hybridized carbons (Fsp3) is 0.143. The minimum atomic E-state index is -0.672. The van der Waals surface area contributed by atoms with E-state index in [0.717, 1.165) is 11.1 Å². The molecule has 0 radical (unpaired) electrons. The van der Waals surface area contributed by atoms with Crippen molar-refractivity contribution in [1.29, 1.82) is 0 Å². The molecule has 5 heteroatoms. The number of pyridine rings is 1. The second-order valence-corrected chi connectivity index (χ2v) is 6.20. The molecule has 1 aromatic heterocycles. The maximum Gasteiger partial charge on any atom is 0.262 e. The summed E-state index contributed by atoms with van der Waals surface area (Å²) in [4.78, 5) is 17.0. The zero-order chi connectivity index (χ0) is 17.9. The molecule has 2 atom stereocenters. The number of halogens is 1. The second kappa shape index (κ2) is 6.96. The lowest BCUT2D eigenvalue weighted by molar-refractivity contribution is -0.127. The lowest BCUT2D eigenvalue weighted by Crippen LogP contribution is -2.40. The molecule has 4 nitrogen and oxygen atoms in total. The van der Waals surface area contributed by atoms with Gasteiger partial charge in [-0.1, -0.05) is 36.4 Å². The molecule has 2 heterocycles. The Morgan fingerprint density at radius 1 is 1.12 bits per heavy atom. The normalized spacial score (nSPS) is 16.4. The van der Waals surface area contributed by atoms with Crippen molar-refractivity contribution in [3.05, 3.63) is 95.6 Å². The summed E-state index contributed by atoms with van der Waals surface area (Å²) in [6, 6.07) is 17.4. The quantitative estimate of drug-likeness (QED) is 0.786. The molecular weight excluding hydrogens is 331 g/mol. The number of aromatic nitrogens is 1. The molecule has 3 aromatic rings. The fourth-order valence-electron chi connectivity index (χ4n) is 3.15. The molecule has 0 fully saturated rings. The van der Waals surface area contributed by atoms with E-state index in [4.69, 9.17) is 4.74 Å². The van der Waals surface area contributed by atoms with Crippen LogP contribution in [-0.4, -0.2) is 17.0 Å². The molecular formula is C21H17FN2O2. The Balaban J connectivity index is 1.56. The lowest BCUT2D eigenvalue weighted by atomic mass is 9.99. The van der Waals surface area contributed by atoms with Gasteiger partial charge in [0.1, 0.15) is 11.6 Å². The summed E-state index contributed by atoms with van der Waals surface area (Å²) >= 11 is 0. The number of benzene rings is 2. The highest BCUT2D eigenvalue weighted by Crippen LogP contribution is 2.30. The number of hydrogen-bond acceptors (Lipinski definition) is 3. The number of carbonyl (C=O) groups is 1. The SMILES string of the molecule is O=C(N[C@H](c1ccccc1)c1cccnc1)[C@H]1Cc2cc(F)ccc2O1. The third-order valence-corrected chi connectivity index (χ3v) is 4.43. The van der Waals surface area contributed by atoms with Crippen LogP contribution >= 0.6 is 0 Å². The van der Waals surface area contributed by atoms with Crippen molar-refractivity contribution in [3.8, 4) is 5.75 Å².